The fraction of sp³-hybridized carbons (Fsp3) is 0.188. The monoisotopic (exact) mass is 366 g/mol. The molecule has 0 bridgehead atoms. The van der Waals surface area contributed by atoms with E-state index in [1.165, 1.54) is 5.56 Å². The molecule has 0 aromatic heterocycles. The van der Waals surface area contributed by atoms with Gasteiger partial charge in [0.15, 0.2) is 0 Å². The number of amides is 1. The molecule has 0 aliphatic rings. The molecule has 0 radical (unpaired) electrons. The number of benzene rings is 2. The largest absolute Gasteiger partial charge is 0.322 e. The molecule has 0 unspecified atom stereocenters. The zero-order chi connectivity index (χ0) is 15.4. The van der Waals surface area contributed by atoms with Crippen molar-refractivity contribution in [2.75, 3.05) is 19.4 Å². The molecule has 21 heavy (non-hydrogen) atoms. The maximum absolute atomic E-state index is 12.2. The third-order valence-corrected chi connectivity index (χ3v) is 3.78. The van der Waals surface area contributed by atoms with Crippen LogP contribution in [-0.4, -0.2) is 24.9 Å². The molecule has 0 saturated carbocycles. The quantitative estimate of drug-likeness (QED) is 0.868. The minimum Gasteiger partial charge on any atom is -0.322 e. The Balaban J connectivity index is 2.08. The Morgan fingerprint density at radius 1 is 1.19 bits per heavy atom. The molecule has 5 heteroatoms. The number of nitrogens with zero attached hydrogens (tertiary/aromatic N) is 1. The summed E-state index contributed by atoms with van der Waals surface area (Å²) >= 11 is 9.22. The van der Waals surface area contributed by atoms with Gasteiger partial charge in [-0.25, -0.2) is 0 Å². The van der Waals surface area contributed by atoms with Crippen molar-refractivity contribution in [3.05, 3.63) is 63.1 Å². The molecule has 0 spiro atoms. The van der Waals surface area contributed by atoms with E-state index in [1.54, 1.807) is 18.2 Å². The fourth-order valence-electron chi connectivity index (χ4n) is 1.93. The number of carbonyl (C=O) groups excluding carboxylic acids is 1. The first-order valence-corrected chi connectivity index (χ1v) is 7.63. The lowest BCUT2D eigenvalue weighted by atomic mass is 10.1. The van der Waals surface area contributed by atoms with Crippen LogP contribution in [0.15, 0.2) is 46.9 Å². The van der Waals surface area contributed by atoms with Gasteiger partial charge in [-0.3, -0.25) is 4.79 Å². The highest BCUT2D eigenvalue weighted by Crippen LogP contribution is 2.22. The molecule has 0 atom stereocenters. The molecule has 3 nitrogen and oxygen atoms in total. The van der Waals surface area contributed by atoms with E-state index in [2.05, 4.69) is 26.1 Å². The number of carbonyl (C=O) groups is 1. The van der Waals surface area contributed by atoms with Crippen LogP contribution in [0.4, 0.5) is 5.69 Å². The molecule has 0 heterocycles. The number of hydrogen-bond donors (Lipinski definition) is 1. The molecule has 2 rings (SSSR count). The Bertz CT molecular complexity index is 641. The number of halogens is 2. The standard InChI is InChI=1S/C16H16BrClN2O/c1-20(2)10-11-3-6-13(7-4-11)19-16(21)14-8-5-12(18)9-15(14)17/h3-9H,10H2,1-2H3,(H,19,21). The van der Waals surface area contributed by atoms with Gasteiger partial charge < -0.3 is 10.2 Å². The molecule has 1 N–H and O–H groups in total. The minimum atomic E-state index is -0.168. The highest BCUT2D eigenvalue weighted by molar-refractivity contribution is 9.10. The van der Waals surface area contributed by atoms with E-state index in [0.717, 1.165) is 12.2 Å². The van der Waals surface area contributed by atoms with Gasteiger partial charge in [0.2, 0.25) is 0 Å². The molecule has 0 saturated heterocycles. The van der Waals surface area contributed by atoms with E-state index < -0.39 is 0 Å². The Labute approximate surface area is 138 Å². The summed E-state index contributed by atoms with van der Waals surface area (Å²) in [7, 11) is 4.04. The van der Waals surface area contributed by atoms with Crippen LogP contribution >= 0.6 is 27.5 Å². The zero-order valence-electron chi connectivity index (χ0n) is 11.9. The lowest BCUT2D eigenvalue weighted by Gasteiger charge is -2.11. The maximum Gasteiger partial charge on any atom is 0.256 e. The van der Waals surface area contributed by atoms with Gasteiger partial charge in [-0.2, -0.15) is 0 Å². The smallest absolute Gasteiger partial charge is 0.256 e. The SMILES string of the molecule is CN(C)Cc1ccc(NC(=O)c2ccc(Cl)cc2Br)cc1. The normalized spacial score (nSPS) is 10.7. The molecule has 110 valence electrons. The van der Waals surface area contributed by atoms with Gasteiger partial charge in [0.1, 0.15) is 0 Å². The van der Waals surface area contributed by atoms with E-state index in [-0.39, 0.29) is 5.91 Å². The second kappa shape index (κ2) is 7.07. The molecule has 2 aromatic rings. The predicted molar refractivity (Wildman–Crippen MR) is 90.9 cm³/mol. The fourth-order valence-corrected chi connectivity index (χ4v) is 2.79. The zero-order valence-corrected chi connectivity index (χ0v) is 14.2. The van der Waals surface area contributed by atoms with E-state index in [4.69, 9.17) is 11.6 Å². The molecule has 1 amide bonds. The summed E-state index contributed by atoms with van der Waals surface area (Å²) in [4.78, 5) is 14.3. The Hall–Kier alpha value is -1.36. The highest BCUT2D eigenvalue weighted by atomic mass is 79.9. The summed E-state index contributed by atoms with van der Waals surface area (Å²) in [5.74, 6) is -0.168. The third kappa shape index (κ3) is 4.56. The van der Waals surface area contributed by atoms with Crippen molar-refractivity contribution in [1.29, 1.82) is 0 Å². The van der Waals surface area contributed by atoms with E-state index >= 15 is 0 Å². The van der Waals surface area contributed by atoms with Gasteiger partial charge >= 0.3 is 0 Å². The summed E-state index contributed by atoms with van der Waals surface area (Å²) < 4.78 is 0.678. The van der Waals surface area contributed by atoms with Crippen molar-refractivity contribution in [2.45, 2.75) is 6.54 Å². The van der Waals surface area contributed by atoms with Crippen LogP contribution in [0.3, 0.4) is 0 Å². The number of anilines is 1. The average Bonchev–Trinajstić information content (AvgIpc) is 2.40. The highest BCUT2D eigenvalue weighted by Gasteiger charge is 2.10. The Kier molecular flexibility index (Phi) is 5.39. The van der Waals surface area contributed by atoms with E-state index in [1.807, 2.05) is 38.4 Å². The van der Waals surface area contributed by atoms with Crippen LogP contribution < -0.4 is 5.32 Å². The summed E-state index contributed by atoms with van der Waals surface area (Å²) in [6, 6.07) is 12.9. The minimum absolute atomic E-state index is 0.168. The summed E-state index contributed by atoms with van der Waals surface area (Å²) in [5, 5.41) is 3.46. The summed E-state index contributed by atoms with van der Waals surface area (Å²) in [5.41, 5.74) is 2.52. The van der Waals surface area contributed by atoms with Gasteiger partial charge in [0.05, 0.1) is 5.56 Å². The van der Waals surface area contributed by atoms with Gasteiger partial charge in [-0.15, -0.1) is 0 Å². The molecule has 2 aromatic carbocycles. The molecule has 0 aliphatic heterocycles. The first kappa shape index (κ1) is 16.0. The Morgan fingerprint density at radius 3 is 2.43 bits per heavy atom. The average molecular weight is 368 g/mol. The molecular weight excluding hydrogens is 352 g/mol. The lowest BCUT2D eigenvalue weighted by molar-refractivity contribution is 0.102. The van der Waals surface area contributed by atoms with Crippen molar-refractivity contribution >= 4 is 39.1 Å². The number of hydrogen-bond acceptors (Lipinski definition) is 2. The van der Waals surface area contributed by atoms with Gasteiger partial charge in [-0.05, 0) is 65.9 Å². The van der Waals surface area contributed by atoms with Crippen LogP contribution in [0.25, 0.3) is 0 Å². The van der Waals surface area contributed by atoms with Crippen molar-refractivity contribution in [1.82, 2.24) is 4.90 Å². The second-order valence-corrected chi connectivity index (χ2v) is 6.30. The predicted octanol–water partition coefficient (Wildman–Crippen LogP) is 4.42. The van der Waals surface area contributed by atoms with Crippen LogP contribution in [-0.2, 0) is 6.54 Å². The van der Waals surface area contributed by atoms with Crippen molar-refractivity contribution in [2.24, 2.45) is 0 Å². The summed E-state index contributed by atoms with van der Waals surface area (Å²) in [6.07, 6.45) is 0. The first-order chi connectivity index (χ1) is 9.95. The maximum atomic E-state index is 12.2. The van der Waals surface area contributed by atoms with Crippen molar-refractivity contribution in [3.8, 4) is 0 Å². The third-order valence-electron chi connectivity index (χ3n) is 2.89. The van der Waals surface area contributed by atoms with Crippen LogP contribution in [0, 0.1) is 0 Å². The van der Waals surface area contributed by atoms with Gasteiger partial charge in [0, 0.05) is 21.7 Å². The van der Waals surface area contributed by atoms with Gasteiger partial charge in [0.25, 0.3) is 5.91 Å². The Morgan fingerprint density at radius 2 is 1.86 bits per heavy atom. The summed E-state index contributed by atoms with van der Waals surface area (Å²) in [6.45, 7) is 0.872. The van der Waals surface area contributed by atoms with Crippen LogP contribution in [0.1, 0.15) is 15.9 Å². The topological polar surface area (TPSA) is 32.3 Å². The molecule has 0 fully saturated rings. The van der Waals surface area contributed by atoms with Crippen LogP contribution in [0.2, 0.25) is 5.02 Å². The van der Waals surface area contributed by atoms with Crippen LogP contribution in [0.5, 0.6) is 0 Å². The van der Waals surface area contributed by atoms with Crippen molar-refractivity contribution < 1.29 is 4.79 Å². The number of rotatable bonds is 4. The lowest BCUT2D eigenvalue weighted by Crippen LogP contribution is -2.13. The van der Waals surface area contributed by atoms with Gasteiger partial charge in [-0.1, -0.05) is 23.7 Å². The molecule has 0 aliphatic carbocycles. The molecular formula is C16H16BrClN2O. The van der Waals surface area contributed by atoms with E-state index in [9.17, 15) is 4.79 Å². The van der Waals surface area contributed by atoms with Crippen molar-refractivity contribution in [3.63, 3.8) is 0 Å². The second-order valence-electron chi connectivity index (χ2n) is 5.01. The number of nitrogens with one attached hydrogen (secondary N) is 1. The van der Waals surface area contributed by atoms with E-state index in [0.29, 0.717) is 15.1 Å². The first-order valence-electron chi connectivity index (χ1n) is 6.46.